The van der Waals surface area contributed by atoms with Gasteiger partial charge in [-0.3, -0.25) is 9.59 Å². The van der Waals surface area contributed by atoms with Gasteiger partial charge in [-0.15, -0.1) is 11.3 Å². The summed E-state index contributed by atoms with van der Waals surface area (Å²) >= 11 is 4.67. The highest BCUT2D eigenvalue weighted by atomic mass is 79.9. The average Bonchev–Trinajstić information content (AvgIpc) is 3.16. The first-order valence-corrected chi connectivity index (χ1v) is 10.5. The highest BCUT2D eigenvalue weighted by Gasteiger charge is 2.18. The molecule has 0 aliphatic rings. The quantitative estimate of drug-likeness (QED) is 0.409. The van der Waals surface area contributed by atoms with Crippen LogP contribution in [0.3, 0.4) is 0 Å². The SMILES string of the molecule is CCOc1c(Br)cc(C(=O)OCC(=O)c2ccc(CCNC(C)=O)s2)cc1OC. The molecule has 0 unspecified atom stereocenters. The molecule has 0 fully saturated rings. The lowest BCUT2D eigenvalue weighted by molar-refractivity contribution is -0.118. The molecule has 156 valence electrons. The number of hydrogen-bond acceptors (Lipinski definition) is 7. The first-order valence-electron chi connectivity index (χ1n) is 8.89. The molecule has 1 aromatic heterocycles. The summed E-state index contributed by atoms with van der Waals surface area (Å²) in [5.41, 5.74) is 0.243. The number of nitrogens with one attached hydrogen (secondary N) is 1. The maximum atomic E-state index is 12.4. The molecule has 0 atom stereocenters. The molecular formula is C20H22BrNO6S. The number of esters is 1. The van der Waals surface area contributed by atoms with Gasteiger partial charge in [0.1, 0.15) is 0 Å². The van der Waals surface area contributed by atoms with Gasteiger partial charge in [-0.25, -0.2) is 4.79 Å². The van der Waals surface area contributed by atoms with Crippen LogP contribution in [0, 0.1) is 0 Å². The van der Waals surface area contributed by atoms with E-state index < -0.39 is 5.97 Å². The number of benzene rings is 1. The summed E-state index contributed by atoms with van der Waals surface area (Å²) in [6.07, 6.45) is 0.636. The van der Waals surface area contributed by atoms with Crippen LogP contribution >= 0.6 is 27.3 Å². The molecule has 0 aliphatic carbocycles. The second-order valence-electron chi connectivity index (χ2n) is 5.92. The molecule has 1 heterocycles. The van der Waals surface area contributed by atoms with Gasteiger partial charge >= 0.3 is 5.97 Å². The number of carbonyl (C=O) groups excluding carboxylic acids is 3. The molecule has 29 heavy (non-hydrogen) atoms. The Morgan fingerprint density at radius 3 is 2.62 bits per heavy atom. The van der Waals surface area contributed by atoms with Crippen LogP contribution < -0.4 is 14.8 Å². The number of methoxy groups -OCH3 is 1. The van der Waals surface area contributed by atoms with E-state index in [2.05, 4.69) is 21.2 Å². The van der Waals surface area contributed by atoms with Crippen LogP contribution in [-0.2, 0) is 16.0 Å². The van der Waals surface area contributed by atoms with Gasteiger partial charge in [0.2, 0.25) is 11.7 Å². The van der Waals surface area contributed by atoms with Crippen molar-refractivity contribution >= 4 is 44.9 Å². The van der Waals surface area contributed by atoms with Gasteiger partial charge in [0.15, 0.2) is 18.1 Å². The highest BCUT2D eigenvalue weighted by molar-refractivity contribution is 9.10. The molecule has 0 radical (unpaired) electrons. The summed E-state index contributed by atoms with van der Waals surface area (Å²) in [7, 11) is 1.48. The minimum atomic E-state index is -0.636. The van der Waals surface area contributed by atoms with Crippen molar-refractivity contribution in [3.05, 3.63) is 44.1 Å². The predicted molar refractivity (Wildman–Crippen MR) is 113 cm³/mol. The van der Waals surface area contributed by atoms with Crippen molar-refractivity contribution in [3.8, 4) is 11.5 Å². The summed E-state index contributed by atoms with van der Waals surface area (Å²) in [6.45, 7) is 3.89. The summed E-state index contributed by atoms with van der Waals surface area (Å²) in [4.78, 5) is 37.0. The lowest BCUT2D eigenvalue weighted by Gasteiger charge is -2.13. The van der Waals surface area contributed by atoms with E-state index in [1.165, 1.54) is 31.4 Å². The zero-order chi connectivity index (χ0) is 21.4. The van der Waals surface area contributed by atoms with Crippen LogP contribution in [0.25, 0.3) is 0 Å². The number of rotatable bonds is 10. The second-order valence-corrected chi connectivity index (χ2v) is 7.94. The average molecular weight is 484 g/mol. The molecule has 2 rings (SSSR count). The third kappa shape index (κ3) is 6.57. The van der Waals surface area contributed by atoms with Gasteiger partial charge in [-0.2, -0.15) is 0 Å². The first-order chi connectivity index (χ1) is 13.8. The van der Waals surface area contributed by atoms with E-state index in [-0.39, 0.29) is 23.9 Å². The van der Waals surface area contributed by atoms with Crippen LogP contribution in [0.4, 0.5) is 0 Å². The van der Waals surface area contributed by atoms with Crippen LogP contribution in [0.15, 0.2) is 28.7 Å². The van der Waals surface area contributed by atoms with Crippen LogP contribution in [0.2, 0.25) is 0 Å². The van der Waals surface area contributed by atoms with E-state index in [1.807, 2.05) is 13.0 Å². The molecule has 1 amide bonds. The molecule has 0 bridgehead atoms. The Hall–Kier alpha value is -2.39. The maximum Gasteiger partial charge on any atom is 0.338 e. The number of ether oxygens (including phenoxy) is 3. The van der Waals surface area contributed by atoms with Gasteiger partial charge in [-0.05, 0) is 53.5 Å². The van der Waals surface area contributed by atoms with Crippen molar-refractivity contribution in [2.24, 2.45) is 0 Å². The van der Waals surface area contributed by atoms with Crippen molar-refractivity contribution in [2.45, 2.75) is 20.3 Å². The Balaban J connectivity index is 1.96. The Bertz CT molecular complexity index is 895. The molecule has 0 saturated carbocycles. The van der Waals surface area contributed by atoms with E-state index in [9.17, 15) is 14.4 Å². The monoisotopic (exact) mass is 483 g/mol. The van der Waals surface area contributed by atoms with Crippen molar-refractivity contribution in [3.63, 3.8) is 0 Å². The van der Waals surface area contributed by atoms with E-state index in [4.69, 9.17) is 14.2 Å². The predicted octanol–water partition coefficient (Wildman–Crippen LogP) is 3.64. The van der Waals surface area contributed by atoms with Gasteiger partial charge in [0.25, 0.3) is 0 Å². The first kappa shape index (κ1) is 22.9. The number of hydrogen-bond donors (Lipinski definition) is 1. The second kappa shape index (κ2) is 11.0. The van der Waals surface area contributed by atoms with E-state index in [0.717, 1.165) is 4.88 Å². The minimum absolute atomic E-state index is 0.0951. The van der Waals surface area contributed by atoms with Gasteiger partial charge in [0.05, 0.1) is 28.6 Å². The maximum absolute atomic E-state index is 12.4. The molecule has 7 nitrogen and oxygen atoms in total. The fourth-order valence-electron chi connectivity index (χ4n) is 2.43. The van der Waals surface area contributed by atoms with Crippen molar-refractivity contribution in [1.29, 1.82) is 0 Å². The molecule has 0 saturated heterocycles. The standard InChI is InChI=1S/C20H22BrNO6S/c1-4-27-19-15(21)9-13(10-17(19)26-3)20(25)28-11-16(24)18-6-5-14(29-18)7-8-22-12(2)23/h5-6,9-10H,4,7-8,11H2,1-3H3,(H,22,23). The fourth-order valence-corrected chi connectivity index (χ4v) is 3.92. The molecule has 1 N–H and O–H groups in total. The summed E-state index contributed by atoms with van der Waals surface area (Å²) in [5, 5.41) is 2.71. The van der Waals surface area contributed by atoms with E-state index >= 15 is 0 Å². The Morgan fingerprint density at radius 1 is 1.21 bits per heavy atom. The third-order valence-electron chi connectivity index (χ3n) is 3.77. The highest BCUT2D eigenvalue weighted by Crippen LogP contribution is 2.36. The van der Waals surface area contributed by atoms with Crippen LogP contribution in [0.5, 0.6) is 11.5 Å². The number of halogens is 1. The lowest BCUT2D eigenvalue weighted by atomic mass is 10.2. The normalized spacial score (nSPS) is 10.3. The zero-order valence-corrected chi connectivity index (χ0v) is 18.8. The summed E-state index contributed by atoms with van der Waals surface area (Å²) in [6, 6.07) is 6.59. The van der Waals surface area contributed by atoms with Crippen molar-refractivity contribution in [2.75, 3.05) is 26.9 Å². The Labute approximate surface area is 181 Å². The van der Waals surface area contributed by atoms with Crippen LogP contribution in [-0.4, -0.2) is 44.5 Å². The summed E-state index contributed by atoms with van der Waals surface area (Å²) in [5.74, 6) is -0.133. The Kier molecular flexibility index (Phi) is 8.66. The molecule has 2 aromatic rings. The van der Waals surface area contributed by atoms with Crippen molar-refractivity contribution < 1.29 is 28.6 Å². The third-order valence-corrected chi connectivity index (χ3v) is 5.55. The number of Topliss-reactive ketones (excluding diaryl/α,β-unsaturated/α-hetero) is 1. The van der Waals surface area contributed by atoms with Gasteiger partial charge in [-0.1, -0.05) is 0 Å². The molecule has 1 aromatic carbocycles. The van der Waals surface area contributed by atoms with Crippen LogP contribution in [0.1, 0.15) is 38.8 Å². The largest absolute Gasteiger partial charge is 0.493 e. The minimum Gasteiger partial charge on any atom is -0.493 e. The molecule has 0 aliphatic heterocycles. The van der Waals surface area contributed by atoms with Crippen molar-refractivity contribution in [1.82, 2.24) is 5.32 Å². The summed E-state index contributed by atoms with van der Waals surface area (Å²) < 4.78 is 16.5. The van der Waals surface area contributed by atoms with Gasteiger partial charge < -0.3 is 19.5 Å². The van der Waals surface area contributed by atoms with E-state index in [0.29, 0.717) is 40.4 Å². The molecule has 9 heteroatoms. The smallest absolute Gasteiger partial charge is 0.338 e. The van der Waals surface area contributed by atoms with E-state index in [1.54, 1.807) is 12.1 Å². The number of amides is 1. The Morgan fingerprint density at radius 2 is 1.97 bits per heavy atom. The number of ketones is 1. The fraction of sp³-hybridized carbons (Fsp3) is 0.350. The molecular weight excluding hydrogens is 462 g/mol. The zero-order valence-electron chi connectivity index (χ0n) is 16.4. The molecule has 0 spiro atoms. The van der Waals surface area contributed by atoms with Gasteiger partial charge in [0, 0.05) is 18.3 Å². The number of thiophene rings is 1. The topological polar surface area (TPSA) is 90.9 Å². The lowest BCUT2D eigenvalue weighted by Crippen LogP contribution is -2.22. The number of carbonyl (C=O) groups is 3.